The maximum absolute atomic E-state index is 11.6. The zero-order chi connectivity index (χ0) is 13.1. The number of rotatable bonds is 4. The Hall–Kier alpha value is -2.37. The van der Waals surface area contributed by atoms with Gasteiger partial charge in [0.1, 0.15) is 11.9 Å². The van der Waals surface area contributed by atoms with Gasteiger partial charge in [0.15, 0.2) is 0 Å². The van der Waals surface area contributed by atoms with Crippen LogP contribution in [0.15, 0.2) is 35.1 Å². The van der Waals surface area contributed by atoms with Crippen LogP contribution in [0.1, 0.15) is 24.4 Å². The fourth-order valence-electron chi connectivity index (χ4n) is 1.75. The Kier molecular flexibility index (Phi) is 3.27. The minimum Gasteiger partial charge on any atom is -0.480 e. The summed E-state index contributed by atoms with van der Waals surface area (Å²) in [6, 6.07) is 8.51. The quantitative estimate of drug-likeness (QED) is 0.836. The lowest BCUT2D eigenvalue weighted by atomic mass is 10.1. The number of H-pyrrole nitrogens is 1. The van der Waals surface area contributed by atoms with Crippen molar-refractivity contribution >= 4 is 5.97 Å². The number of benzene rings is 1. The van der Waals surface area contributed by atoms with Crippen molar-refractivity contribution < 1.29 is 9.90 Å². The first kappa shape index (κ1) is 12.1. The van der Waals surface area contributed by atoms with E-state index in [0.717, 1.165) is 10.1 Å². The van der Waals surface area contributed by atoms with Gasteiger partial charge in [-0.05, 0) is 12.5 Å². The highest BCUT2D eigenvalue weighted by Gasteiger charge is 2.20. The first-order valence-electron chi connectivity index (χ1n) is 5.52. The van der Waals surface area contributed by atoms with Gasteiger partial charge in [-0.2, -0.15) is 5.10 Å². The molecular formula is C12H13N3O3. The second kappa shape index (κ2) is 4.87. The third kappa shape index (κ3) is 2.32. The van der Waals surface area contributed by atoms with Crippen molar-refractivity contribution in [2.75, 3.05) is 0 Å². The van der Waals surface area contributed by atoms with Gasteiger partial charge in [0.2, 0.25) is 0 Å². The van der Waals surface area contributed by atoms with Gasteiger partial charge in [0.05, 0.1) is 0 Å². The number of hydrogen-bond acceptors (Lipinski definition) is 3. The summed E-state index contributed by atoms with van der Waals surface area (Å²) in [6.45, 7) is 1.45. The first-order valence-corrected chi connectivity index (χ1v) is 5.52. The molecule has 0 aliphatic carbocycles. The van der Waals surface area contributed by atoms with Crippen LogP contribution in [-0.4, -0.2) is 25.8 Å². The van der Waals surface area contributed by atoms with E-state index in [0.29, 0.717) is 12.2 Å². The molecule has 18 heavy (non-hydrogen) atoms. The summed E-state index contributed by atoms with van der Waals surface area (Å²) in [5.74, 6) is -0.645. The summed E-state index contributed by atoms with van der Waals surface area (Å²) in [5.41, 5.74) is 0.464. The molecular weight excluding hydrogens is 234 g/mol. The number of carbonyl (C=O) groups is 1. The second-order valence-electron chi connectivity index (χ2n) is 3.99. The molecule has 0 saturated carbocycles. The molecule has 0 amide bonds. The van der Waals surface area contributed by atoms with Crippen molar-refractivity contribution in [3.05, 3.63) is 52.2 Å². The van der Waals surface area contributed by atoms with E-state index in [-0.39, 0.29) is 0 Å². The summed E-state index contributed by atoms with van der Waals surface area (Å²) in [7, 11) is 0. The minimum atomic E-state index is -1.06. The van der Waals surface area contributed by atoms with Gasteiger partial charge in [0.25, 0.3) is 0 Å². The third-order valence-corrected chi connectivity index (χ3v) is 2.73. The number of nitrogens with one attached hydrogen (secondary N) is 1. The van der Waals surface area contributed by atoms with Crippen molar-refractivity contribution in [3.8, 4) is 0 Å². The fraction of sp³-hybridized carbons (Fsp3) is 0.250. The Morgan fingerprint density at radius 2 is 2.11 bits per heavy atom. The number of carboxylic acids is 1. The van der Waals surface area contributed by atoms with E-state index in [1.54, 1.807) is 0 Å². The zero-order valence-corrected chi connectivity index (χ0v) is 9.83. The predicted molar refractivity (Wildman–Crippen MR) is 64.4 cm³/mol. The Morgan fingerprint density at radius 1 is 1.44 bits per heavy atom. The van der Waals surface area contributed by atoms with Gasteiger partial charge < -0.3 is 5.11 Å². The van der Waals surface area contributed by atoms with Gasteiger partial charge in [-0.25, -0.2) is 14.7 Å². The summed E-state index contributed by atoms with van der Waals surface area (Å²) >= 11 is 0. The average Bonchev–Trinajstić information content (AvgIpc) is 2.71. The van der Waals surface area contributed by atoms with E-state index in [4.69, 9.17) is 5.11 Å². The molecule has 1 aromatic heterocycles. The highest BCUT2D eigenvalue weighted by atomic mass is 16.4. The predicted octanol–water partition coefficient (Wildman–Crippen LogP) is 0.808. The molecule has 2 rings (SSSR count). The standard InChI is InChI=1S/C12H13N3O3/c1-8(11(16)17)15-10(13-14-12(15)18)7-9-5-3-2-4-6-9/h2-6,8H,7H2,1H3,(H,14,18)(H,16,17)/t8-/m1/s1. The average molecular weight is 247 g/mol. The van der Waals surface area contributed by atoms with Crippen LogP contribution in [-0.2, 0) is 11.2 Å². The Labute approximate surface area is 103 Å². The van der Waals surface area contributed by atoms with Crippen LogP contribution in [0.4, 0.5) is 0 Å². The fourth-order valence-corrected chi connectivity index (χ4v) is 1.75. The molecule has 1 aromatic carbocycles. The lowest BCUT2D eigenvalue weighted by molar-refractivity contribution is -0.140. The van der Waals surface area contributed by atoms with Gasteiger partial charge in [-0.3, -0.25) is 4.57 Å². The molecule has 1 atom stereocenters. The topological polar surface area (TPSA) is 88.0 Å². The third-order valence-electron chi connectivity index (χ3n) is 2.73. The van der Waals surface area contributed by atoms with Crippen LogP contribution in [0.2, 0.25) is 0 Å². The zero-order valence-electron chi connectivity index (χ0n) is 9.83. The molecule has 0 fully saturated rings. The van der Waals surface area contributed by atoms with E-state index < -0.39 is 17.7 Å². The summed E-state index contributed by atoms with van der Waals surface area (Å²) in [5, 5.41) is 15.1. The molecule has 0 aliphatic heterocycles. The van der Waals surface area contributed by atoms with E-state index in [1.165, 1.54) is 6.92 Å². The molecule has 0 aliphatic rings. The van der Waals surface area contributed by atoms with Crippen molar-refractivity contribution in [2.24, 2.45) is 0 Å². The van der Waals surface area contributed by atoms with Crippen LogP contribution in [0.3, 0.4) is 0 Å². The van der Waals surface area contributed by atoms with Gasteiger partial charge in [-0.1, -0.05) is 30.3 Å². The SMILES string of the molecule is C[C@H](C(=O)O)n1c(Cc2ccccc2)n[nH]c1=O. The number of carboxylic acid groups (broad SMARTS) is 1. The summed E-state index contributed by atoms with van der Waals surface area (Å²) in [6.07, 6.45) is 0.414. The number of nitrogens with zero attached hydrogens (tertiary/aromatic N) is 2. The van der Waals surface area contributed by atoms with Crippen molar-refractivity contribution in [2.45, 2.75) is 19.4 Å². The minimum absolute atomic E-state index is 0.414. The molecule has 2 aromatic rings. The van der Waals surface area contributed by atoms with Crippen LogP contribution in [0.5, 0.6) is 0 Å². The number of aromatic amines is 1. The molecule has 0 bridgehead atoms. The van der Waals surface area contributed by atoms with Crippen molar-refractivity contribution in [3.63, 3.8) is 0 Å². The smallest absolute Gasteiger partial charge is 0.344 e. The van der Waals surface area contributed by atoms with E-state index in [9.17, 15) is 9.59 Å². The Morgan fingerprint density at radius 3 is 2.72 bits per heavy atom. The number of aliphatic carboxylic acids is 1. The van der Waals surface area contributed by atoms with Gasteiger partial charge in [-0.15, -0.1) is 0 Å². The molecule has 1 heterocycles. The van der Waals surface area contributed by atoms with Crippen molar-refractivity contribution in [1.29, 1.82) is 0 Å². The maximum atomic E-state index is 11.6. The molecule has 94 valence electrons. The number of aromatic nitrogens is 3. The van der Waals surface area contributed by atoms with E-state index in [1.807, 2.05) is 30.3 Å². The normalized spacial score (nSPS) is 12.3. The molecule has 0 radical (unpaired) electrons. The van der Waals surface area contributed by atoms with Crippen molar-refractivity contribution in [1.82, 2.24) is 14.8 Å². The Balaban J connectivity index is 2.35. The van der Waals surface area contributed by atoms with Crippen LogP contribution in [0, 0.1) is 0 Å². The van der Waals surface area contributed by atoms with Gasteiger partial charge >= 0.3 is 11.7 Å². The lowest BCUT2D eigenvalue weighted by Gasteiger charge is -2.09. The first-order chi connectivity index (χ1) is 8.59. The highest BCUT2D eigenvalue weighted by molar-refractivity contribution is 5.71. The molecule has 2 N–H and O–H groups in total. The molecule has 6 heteroatoms. The lowest BCUT2D eigenvalue weighted by Crippen LogP contribution is -2.27. The second-order valence-corrected chi connectivity index (χ2v) is 3.99. The van der Waals surface area contributed by atoms with Gasteiger partial charge in [0, 0.05) is 6.42 Å². The van der Waals surface area contributed by atoms with E-state index in [2.05, 4.69) is 10.2 Å². The highest BCUT2D eigenvalue weighted by Crippen LogP contribution is 2.10. The van der Waals surface area contributed by atoms with Crippen LogP contribution >= 0.6 is 0 Å². The summed E-state index contributed by atoms with van der Waals surface area (Å²) in [4.78, 5) is 22.5. The monoisotopic (exact) mass is 247 g/mol. The Bertz CT molecular complexity index is 601. The molecule has 0 unspecified atom stereocenters. The van der Waals surface area contributed by atoms with Crippen LogP contribution in [0.25, 0.3) is 0 Å². The van der Waals surface area contributed by atoms with E-state index >= 15 is 0 Å². The van der Waals surface area contributed by atoms with Crippen LogP contribution < -0.4 is 5.69 Å². The maximum Gasteiger partial charge on any atom is 0.344 e. The summed E-state index contributed by atoms with van der Waals surface area (Å²) < 4.78 is 1.16. The molecule has 0 saturated heterocycles. The molecule has 6 nitrogen and oxygen atoms in total. The largest absolute Gasteiger partial charge is 0.480 e. The number of hydrogen-bond donors (Lipinski definition) is 2. The molecule has 0 spiro atoms.